The lowest BCUT2D eigenvalue weighted by atomic mass is 9.86. The van der Waals surface area contributed by atoms with E-state index in [4.69, 9.17) is 11.6 Å². The fourth-order valence-electron chi connectivity index (χ4n) is 4.80. The Bertz CT molecular complexity index is 848. The Balaban J connectivity index is 1.70. The summed E-state index contributed by atoms with van der Waals surface area (Å²) >= 11 is 5.91. The number of piperidine rings is 1. The molecule has 1 unspecified atom stereocenters. The molecule has 2 aromatic rings. The van der Waals surface area contributed by atoms with E-state index >= 15 is 0 Å². The molecule has 0 amide bonds. The first-order valence-corrected chi connectivity index (χ1v) is 11.6. The second-order valence-corrected chi connectivity index (χ2v) is 9.74. The van der Waals surface area contributed by atoms with Crippen molar-refractivity contribution in [3.63, 3.8) is 0 Å². The number of aliphatic hydroxyl groups excluding tert-OH is 1. The summed E-state index contributed by atoms with van der Waals surface area (Å²) in [5, 5.41) is 10.7. The molecule has 4 rings (SSSR count). The monoisotopic (exact) mass is 420 g/mol. The molecule has 2 heterocycles. The summed E-state index contributed by atoms with van der Waals surface area (Å²) in [7, 11) is -3.70. The van der Waals surface area contributed by atoms with E-state index in [0.717, 1.165) is 31.4 Å². The molecule has 28 heavy (non-hydrogen) atoms. The fraction of sp³-hybridized carbons (Fsp3) is 0.429. The summed E-state index contributed by atoms with van der Waals surface area (Å²) in [4.78, 5) is 2.51. The van der Waals surface area contributed by atoms with Crippen LogP contribution in [-0.2, 0) is 14.6 Å². The number of benzene rings is 2. The van der Waals surface area contributed by atoms with Crippen LogP contribution in [0.2, 0.25) is 5.02 Å². The van der Waals surface area contributed by atoms with Crippen LogP contribution in [0.4, 0.5) is 0 Å². The molecule has 0 aromatic heterocycles. The lowest BCUT2D eigenvalue weighted by Gasteiger charge is -2.34. The Morgan fingerprint density at radius 3 is 2.54 bits per heavy atom. The largest absolute Gasteiger partial charge is 0.593 e. The first kappa shape index (κ1) is 20.0. The quantitative estimate of drug-likeness (QED) is 0.728. The highest BCUT2D eigenvalue weighted by Gasteiger charge is 2.52. The summed E-state index contributed by atoms with van der Waals surface area (Å²) in [6, 6.07) is 15.9. The number of nitrogens with zero attached hydrogens (tertiary/aromatic N) is 1. The zero-order valence-electron chi connectivity index (χ0n) is 15.5. The van der Waals surface area contributed by atoms with Crippen LogP contribution in [0.15, 0.2) is 59.5 Å². The van der Waals surface area contributed by atoms with Gasteiger partial charge in [-0.05, 0) is 49.2 Å². The zero-order chi connectivity index (χ0) is 19.7. The molecule has 2 aliphatic rings. The fourth-order valence-corrected chi connectivity index (χ4v) is 6.22. The van der Waals surface area contributed by atoms with Crippen LogP contribution < -0.4 is 4.72 Å². The van der Waals surface area contributed by atoms with Crippen molar-refractivity contribution in [2.24, 2.45) is 0 Å². The number of hydrogen-bond acceptors (Lipinski definition) is 4. The predicted molar refractivity (Wildman–Crippen MR) is 110 cm³/mol. The Kier molecular flexibility index (Phi) is 5.88. The molecule has 2 N–H and O–H groups in total. The maximum atomic E-state index is 13.1. The molecule has 0 spiro atoms. The summed E-state index contributed by atoms with van der Waals surface area (Å²) in [6.07, 6.45) is 3.07. The number of sulfonamides is 1. The highest BCUT2D eigenvalue weighted by atomic mass is 35.5. The van der Waals surface area contributed by atoms with Crippen LogP contribution in [0.3, 0.4) is 0 Å². The van der Waals surface area contributed by atoms with Gasteiger partial charge in [-0.25, -0.2) is 0 Å². The van der Waals surface area contributed by atoms with Gasteiger partial charge in [0.25, 0.3) is 0 Å². The summed E-state index contributed by atoms with van der Waals surface area (Å²) in [5.41, 5.74) is 1.06. The number of rotatable bonds is 5. The second-order valence-electron chi connectivity index (χ2n) is 7.59. The number of aliphatic hydroxyl groups is 1. The average Bonchev–Trinajstić information content (AvgIpc) is 3.02. The van der Waals surface area contributed by atoms with Gasteiger partial charge in [-0.1, -0.05) is 52.6 Å². The molecular formula is C21H25ClN2O3S. The van der Waals surface area contributed by atoms with Crippen LogP contribution in [0.1, 0.15) is 30.7 Å². The van der Waals surface area contributed by atoms with Crippen molar-refractivity contribution in [2.75, 3.05) is 13.2 Å². The van der Waals surface area contributed by atoms with Gasteiger partial charge in [-0.3, -0.25) is 4.90 Å². The van der Waals surface area contributed by atoms with Crippen molar-refractivity contribution in [1.82, 2.24) is 9.62 Å². The molecule has 5 atom stereocenters. The van der Waals surface area contributed by atoms with E-state index in [1.54, 1.807) is 12.1 Å². The third-order valence-corrected chi connectivity index (χ3v) is 7.75. The number of halogens is 1. The minimum atomic E-state index is -3.70. The number of hydrogen-bond donors (Lipinski definition) is 2. The van der Waals surface area contributed by atoms with Gasteiger partial charge >= 0.3 is 0 Å². The van der Waals surface area contributed by atoms with Crippen LogP contribution in [0, 0.1) is 0 Å². The minimum absolute atomic E-state index is 0.00916. The third kappa shape index (κ3) is 3.77. The van der Waals surface area contributed by atoms with Crippen molar-refractivity contribution in [3.8, 4) is 0 Å². The van der Waals surface area contributed by atoms with Gasteiger partial charge in [-0.2, -0.15) is 0 Å². The van der Waals surface area contributed by atoms with Crippen LogP contribution in [0.5, 0.6) is 0 Å². The molecule has 0 radical (unpaired) electrons. The van der Waals surface area contributed by atoms with Crippen LogP contribution in [0.25, 0.3) is 0 Å². The number of fused-ring (bicyclic) bond motifs is 1. The van der Waals surface area contributed by atoms with Gasteiger partial charge in [0.1, 0.15) is 0 Å². The molecule has 0 saturated carbocycles. The van der Waals surface area contributed by atoms with E-state index in [0.29, 0.717) is 5.02 Å². The average molecular weight is 421 g/mol. The molecule has 2 aliphatic heterocycles. The van der Waals surface area contributed by atoms with E-state index in [1.807, 2.05) is 30.3 Å². The normalized spacial score (nSPS) is 30.0. The molecule has 0 aliphatic carbocycles. The molecular weight excluding hydrogens is 396 g/mol. The molecule has 2 saturated heterocycles. The number of nitrogens with one attached hydrogen (secondary N) is 1. The standard InChI is InChI=1S/C21H25ClN2O3S/c22-16-9-11-17(12-10-16)28(26,27)23-21-18-8-4-5-13-24(18)19(14-25)20(21)15-6-2-1-3-7-15/h1-3,6-7,9-12,18-21,25H,4-5,8,13-14H2,(H-,23,26,27)/t18-,19-,20+,21+/m1/s1. The first-order valence-electron chi connectivity index (χ1n) is 9.71. The second kappa shape index (κ2) is 8.22. The minimum Gasteiger partial charge on any atom is -0.593 e. The van der Waals surface area contributed by atoms with Gasteiger partial charge < -0.3 is 9.66 Å². The Morgan fingerprint density at radius 1 is 1.14 bits per heavy atom. The molecule has 2 fully saturated rings. The molecule has 150 valence electrons. The summed E-state index contributed by atoms with van der Waals surface area (Å²) in [6.45, 7) is 0.896. The zero-order valence-corrected chi connectivity index (χ0v) is 17.1. The van der Waals surface area contributed by atoms with Gasteiger partial charge in [0.15, 0.2) is 15.3 Å². The van der Waals surface area contributed by atoms with Crippen molar-refractivity contribution in [1.29, 1.82) is 0 Å². The Labute approximate surface area is 172 Å². The van der Waals surface area contributed by atoms with Crippen molar-refractivity contribution in [2.45, 2.75) is 48.2 Å². The maximum Gasteiger partial charge on any atom is 0.175 e. The van der Waals surface area contributed by atoms with Gasteiger partial charge in [-0.15, -0.1) is 4.72 Å². The topological polar surface area (TPSA) is 75.6 Å². The predicted octanol–water partition coefficient (Wildman–Crippen LogP) is 3.21. The van der Waals surface area contributed by atoms with Crippen molar-refractivity contribution >= 4 is 22.0 Å². The van der Waals surface area contributed by atoms with Gasteiger partial charge in [0.05, 0.1) is 12.6 Å². The Hall–Kier alpha value is -1.28. The highest BCUT2D eigenvalue weighted by Crippen LogP contribution is 2.42. The molecule has 7 heteroatoms. The van der Waals surface area contributed by atoms with Crippen molar-refractivity contribution < 1.29 is 13.9 Å². The molecule has 5 nitrogen and oxygen atoms in total. The maximum absolute atomic E-state index is 13.1. The lowest BCUT2D eigenvalue weighted by Crippen LogP contribution is -2.50. The van der Waals surface area contributed by atoms with Gasteiger partial charge in [0.2, 0.25) is 0 Å². The van der Waals surface area contributed by atoms with Crippen molar-refractivity contribution in [3.05, 3.63) is 65.2 Å². The van der Waals surface area contributed by atoms with E-state index in [-0.39, 0.29) is 35.5 Å². The Morgan fingerprint density at radius 2 is 1.86 bits per heavy atom. The van der Waals surface area contributed by atoms with E-state index < -0.39 is 10.4 Å². The van der Waals surface area contributed by atoms with E-state index in [9.17, 15) is 13.9 Å². The smallest absolute Gasteiger partial charge is 0.175 e. The third-order valence-electron chi connectivity index (χ3n) is 6.02. The molecule has 2 aromatic carbocycles. The summed E-state index contributed by atoms with van der Waals surface area (Å²) in [5.74, 6) is -0.101. The van der Waals surface area contributed by atoms with Crippen LogP contribution in [-0.4, -0.2) is 45.8 Å². The SMILES string of the molecule is O=[S+]([O-])(N[C@@H]1[C@@H](c2ccccc2)[C@@H](CO)N2CCCC[C@H]12)c1ccc(Cl)cc1. The van der Waals surface area contributed by atoms with Crippen LogP contribution >= 0.6 is 11.6 Å². The summed E-state index contributed by atoms with van der Waals surface area (Å²) < 4.78 is 29.2. The van der Waals surface area contributed by atoms with E-state index in [2.05, 4.69) is 9.62 Å². The first-order chi connectivity index (χ1) is 13.5. The molecule has 0 bridgehead atoms. The van der Waals surface area contributed by atoms with E-state index in [1.165, 1.54) is 12.1 Å². The van der Waals surface area contributed by atoms with Gasteiger partial charge in [0, 0.05) is 23.0 Å². The lowest BCUT2D eigenvalue weighted by molar-refractivity contribution is 0.0978. The highest BCUT2D eigenvalue weighted by molar-refractivity contribution is 7.95.